The molecule has 0 amide bonds. The minimum absolute atomic E-state index is 0.225. The highest BCUT2D eigenvalue weighted by Gasteiger charge is 2.13. The first-order chi connectivity index (χ1) is 19.1. The summed E-state index contributed by atoms with van der Waals surface area (Å²) < 4.78 is 24.7. The smallest absolute Gasteiger partial charge is 0.142 e. The zero-order valence-electron chi connectivity index (χ0n) is 21.1. The van der Waals surface area contributed by atoms with Crippen LogP contribution in [-0.2, 0) is 17.9 Å². The number of hydrogen-bond acceptors (Lipinski definition) is 7. The molecule has 1 saturated heterocycles. The molecule has 0 spiro atoms. The van der Waals surface area contributed by atoms with E-state index in [9.17, 15) is 4.39 Å². The number of benzene rings is 3. The topological polar surface area (TPSA) is 59.5 Å². The highest BCUT2D eigenvalue weighted by molar-refractivity contribution is 7.21. The number of thiophene rings is 1. The zero-order valence-corrected chi connectivity index (χ0v) is 22.6. The number of fused-ring (bicyclic) bond motifs is 1. The summed E-state index contributed by atoms with van der Waals surface area (Å²) in [6, 6.07) is 22.6. The molecule has 5 aromatic rings. The molecule has 39 heavy (non-hydrogen) atoms. The number of ether oxygens (including phenoxy) is 2. The first-order valence-electron chi connectivity index (χ1n) is 12.7. The Morgan fingerprint density at radius 2 is 1.82 bits per heavy atom. The average Bonchev–Trinajstić information content (AvgIpc) is 3.39. The van der Waals surface area contributed by atoms with Crippen LogP contribution in [0.3, 0.4) is 0 Å². The van der Waals surface area contributed by atoms with Gasteiger partial charge in [-0.15, -0.1) is 11.3 Å². The van der Waals surface area contributed by atoms with Gasteiger partial charge in [0.05, 0.1) is 23.6 Å². The quantitative estimate of drug-likeness (QED) is 0.215. The maximum Gasteiger partial charge on any atom is 0.142 e. The summed E-state index contributed by atoms with van der Waals surface area (Å²) >= 11 is 8.13. The fourth-order valence-electron chi connectivity index (χ4n) is 4.51. The predicted octanol–water partition coefficient (Wildman–Crippen LogP) is 7.31. The minimum atomic E-state index is -0.296. The predicted molar refractivity (Wildman–Crippen MR) is 154 cm³/mol. The van der Waals surface area contributed by atoms with Gasteiger partial charge in [-0.2, -0.15) is 0 Å². The molecule has 198 valence electrons. The van der Waals surface area contributed by atoms with Crippen molar-refractivity contribution >= 4 is 44.7 Å². The number of anilines is 2. The van der Waals surface area contributed by atoms with E-state index in [4.69, 9.17) is 21.1 Å². The van der Waals surface area contributed by atoms with E-state index in [0.717, 1.165) is 64.8 Å². The molecule has 3 aromatic carbocycles. The number of aromatic nitrogens is 2. The van der Waals surface area contributed by atoms with Gasteiger partial charge in [0.1, 0.15) is 35.1 Å². The molecule has 9 heteroatoms. The van der Waals surface area contributed by atoms with Crippen molar-refractivity contribution in [3.8, 4) is 16.2 Å². The van der Waals surface area contributed by atoms with E-state index in [1.54, 1.807) is 35.9 Å². The van der Waals surface area contributed by atoms with Crippen LogP contribution < -0.4 is 10.1 Å². The third kappa shape index (κ3) is 6.20. The van der Waals surface area contributed by atoms with Crippen LogP contribution in [0.15, 0.2) is 79.1 Å². The van der Waals surface area contributed by atoms with E-state index < -0.39 is 0 Å². The fourth-order valence-corrected chi connectivity index (χ4v) is 5.75. The summed E-state index contributed by atoms with van der Waals surface area (Å²) in [7, 11) is 0. The number of hydrogen-bond donors (Lipinski definition) is 1. The first-order valence-corrected chi connectivity index (χ1v) is 13.9. The summed E-state index contributed by atoms with van der Waals surface area (Å²) in [5, 5.41) is 4.76. The zero-order chi connectivity index (χ0) is 26.6. The van der Waals surface area contributed by atoms with E-state index in [1.165, 1.54) is 17.7 Å². The van der Waals surface area contributed by atoms with Crippen molar-refractivity contribution in [2.24, 2.45) is 0 Å². The first kappa shape index (κ1) is 25.7. The molecule has 1 fully saturated rings. The molecule has 6 nitrogen and oxygen atoms in total. The Morgan fingerprint density at radius 3 is 2.62 bits per heavy atom. The molecule has 0 saturated carbocycles. The Morgan fingerprint density at radius 1 is 0.974 bits per heavy atom. The van der Waals surface area contributed by atoms with Crippen LogP contribution >= 0.6 is 22.9 Å². The SMILES string of the molecule is Fc1cccc(COc2ccc(Nc3ncnc4sc(-c5ccc(CN6CCOCC6)cc5)cc34)cc2Cl)c1. The lowest BCUT2D eigenvalue weighted by molar-refractivity contribution is 0.0342. The van der Waals surface area contributed by atoms with Gasteiger partial charge in [0.15, 0.2) is 0 Å². The number of morpholine rings is 1. The van der Waals surface area contributed by atoms with Gasteiger partial charge in [0.25, 0.3) is 0 Å². The van der Waals surface area contributed by atoms with E-state index in [-0.39, 0.29) is 12.4 Å². The summed E-state index contributed by atoms with van der Waals surface area (Å²) in [4.78, 5) is 13.4. The molecule has 1 N–H and O–H groups in total. The molecule has 2 aromatic heterocycles. The highest BCUT2D eigenvalue weighted by atomic mass is 35.5. The third-order valence-corrected chi connectivity index (χ3v) is 7.94. The lowest BCUT2D eigenvalue weighted by Gasteiger charge is -2.26. The third-order valence-electron chi connectivity index (χ3n) is 6.56. The normalized spacial score (nSPS) is 14.0. The second-order valence-corrected chi connectivity index (χ2v) is 10.8. The molecule has 0 atom stereocenters. The van der Waals surface area contributed by atoms with Crippen LogP contribution in [0, 0.1) is 5.82 Å². The van der Waals surface area contributed by atoms with E-state index in [0.29, 0.717) is 16.6 Å². The van der Waals surface area contributed by atoms with Gasteiger partial charge >= 0.3 is 0 Å². The molecule has 3 heterocycles. The van der Waals surface area contributed by atoms with E-state index >= 15 is 0 Å². The maximum absolute atomic E-state index is 13.4. The van der Waals surface area contributed by atoms with Crippen LogP contribution in [0.4, 0.5) is 15.9 Å². The van der Waals surface area contributed by atoms with Crippen molar-refractivity contribution < 1.29 is 13.9 Å². The molecule has 0 bridgehead atoms. The van der Waals surface area contributed by atoms with Crippen molar-refractivity contribution in [3.63, 3.8) is 0 Å². The van der Waals surface area contributed by atoms with E-state index in [2.05, 4.69) is 50.5 Å². The van der Waals surface area contributed by atoms with E-state index in [1.807, 2.05) is 12.1 Å². The number of rotatable bonds is 8. The van der Waals surface area contributed by atoms with Gasteiger partial charge in [-0.1, -0.05) is 48.0 Å². The summed E-state index contributed by atoms with van der Waals surface area (Å²) in [6.45, 7) is 4.72. The Hall–Kier alpha value is -3.56. The Labute approximate surface area is 235 Å². The van der Waals surface area contributed by atoms with Gasteiger partial charge in [-0.25, -0.2) is 14.4 Å². The molecule has 6 rings (SSSR count). The fraction of sp³-hybridized carbons (Fsp3) is 0.200. The Balaban J connectivity index is 1.16. The van der Waals surface area contributed by atoms with Crippen molar-refractivity contribution in [1.29, 1.82) is 0 Å². The van der Waals surface area contributed by atoms with Gasteiger partial charge in [-0.3, -0.25) is 4.90 Å². The largest absolute Gasteiger partial charge is 0.487 e. The lowest BCUT2D eigenvalue weighted by atomic mass is 10.1. The van der Waals surface area contributed by atoms with Gasteiger partial charge in [-0.05, 0) is 53.1 Å². The number of halogens is 2. The lowest BCUT2D eigenvalue weighted by Crippen LogP contribution is -2.35. The minimum Gasteiger partial charge on any atom is -0.487 e. The standard InChI is InChI=1S/C30H26ClFN4O2S/c31-26-15-24(8-9-27(26)38-18-21-2-1-3-23(32)14-21)35-29-25-16-28(39-30(25)34-19-33-29)22-6-4-20(5-7-22)17-36-10-12-37-13-11-36/h1-9,14-16,19H,10-13,17-18H2,(H,33,34,35). The van der Waals surface area contributed by atoms with Gasteiger partial charge in [0, 0.05) is 30.2 Å². The Kier molecular flexibility index (Phi) is 7.69. The maximum atomic E-state index is 13.4. The second-order valence-electron chi connectivity index (χ2n) is 9.33. The van der Waals surface area contributed by atoms with Crippen molar-refractivity contribution in [3.05, 3.63) is 101 Å². The molecule has 0 unspecified atom stereocenters. The summed E-state index contributed by atoms with van der Waals surface area (Å²) in [5.74, 6) is 0.931. The van der Waals surface area contributed by atoms with Crippen LogP contribution in [0.2, 0.25) is 5.02 Å². The van der Waals surface area contributed by atoms with Crippen molar-refractivity contribution in [2.45, 2.75) is 13.2 Å². The molecular weight excluding hydrogens is 535 g/mol. The van der Waals surface area contributed by atoms with Crippen LogP contribution in [0.5, 0.6) is 5.75 Å². The molecule has 1 aliphatic rings. The second kappa shape index (κ2) is 11.7. The molecule has 0 aliphatic carbocycles. The molecule has 0 radical (unpaired) electrons. The monoisotopic (exact) mass is 560 g/mol. The van der Waals surface area contributed by atoms with Crippen molar-refractivity contribution in [2.75, 3.05) is 31.6 Å². The van der Waals surface area contributed by atoms with Crippen LogP contribution in [-0.4, -0.2) is 41.2 Å². The molecule has 1 aliphatic heterocycles. The average molecular weight is 561 g/mol. The van der Waals surface area contributed by atoms with Gasteiger partial charge < -0.3 is 14.8 Å². The highest BCUT2D eigenvalue weighted by Crippen LogP contribution is 2.37. The summed E-state index contributed by atoms with van der Waals surface area (Å²) in [6.07, 6.45) is 1.56. The number of nitrogens with one attached hydrogen (secondary N) is 1. The van der Waals surface area contributed by atoms with Crippen LogP contribution in [0.1, 0.15) is 11.1 Å². The summed E-state index contributed by atoms with van der Waals surface area (Å²) in [5.41, 5.74) is 3.96. The van der Waals surface area contributed by atoms with Crippen LogP contribution in [0.25, 0.3) is 20.7 Å². The number of nitrogens with zero attached hydrogens (tertiary/aromatic N) is 3. The van der Waals surface area contributed by atoms with Crippen molar-refractivity contribution in [1.82, 2.24) is 14.9 Å². The molecular formula is C30H26ClFN4O2S. The van der Waals surface area contributed by atoms with Gasteiger partial charge in [0.2, 0.25) is 0 Å². The Bertz CT molecular complexity index is 1590.